The largest absolute Gasteiger partial charge is 0.334 e. The van der Waals surface area contributed by atoms with Crippen LogP contribution in [0, 0.1) is 5.92 Å². The van der Waals surface area contributed by atoms with E-state index in [9.17, 15) is 4.79 Å². The van der Waals surface area contributed by atoms with Crippen molar-refractivity contribution in [2.75, 3.05) is 12.4 Å². The number of carbonyl (C=O) groups is 1. The van der Waals surface area contributed by atoms with Gasteiger partial charge in [-0.15, -0.1) is 24.0 Å². The van der Waals surface area contributed by atoms with E-state index in [1.165, 1.54) is 0 Å². The maximum Gasteiger partial charge on any atom is 0.256 e. The molecule has 0 fully saturated rings. The van der Waals surface area contributed by atoms with E-state index in [4.69, 9.17) is 23.2 Å². The number of benzene rings is 1. The van der Waals surface area contributed by atoms with Crippen molar-refractivity contribution in [3.05, 3.63) is 64.4 Å². The number of hydrogen-bond donors (Lipinski definition) is 0. The standard InChI is InChI=1S/C18H18Cl2N2O.ClH/c19-8-7-14-10-17-16(2-1-9-21-17)18(23)22(12-14)11-13-3-5-15(20)6-4-13;/h1-6,9,14H,7-8,10-12H2;1H. The molecule has 0 spiro atoms. The van der Waals surface area contributed by atoms with Gasteiger partial charge in [0, 0.05) is 30.2 Å². The van der Waals surface area contributed by atoms with Gasteiger partial charge in [0.2, 0.25) is 0 Å². The number of hydrogen-bond acceptors (Lipinski definition) is 2. The van der Waals surface area contributed by atoms with Gasteiger partial charge < -0.3 is 4.90 Å². The predicted octanol–water partition coefficient (Wildman–Crippen LogP) is 4.60. The van der Waals surface area contributed by atoms with Crippen LogP contribution < -0.4 is 0 Å². The van der Waals surface area contributed by atoms with E-state index >= 15 is 0 Å². The van der Waals surface area contributed by atoms with E-state index in [0.717, 1.165) is 24.1 Å². The topological polar surface area (TPSA) is 33.2 Å². The number of halogens is 3. The SMILES string of the molecule is Cl.O=C1c2cccnc2CC(CCCl)CN1Cc1ccc(Cl)cc1. The van der Waals surface area contributed by atoms with Crippen LogP contribution in [0.25, 0.3) is 0 Å². The third-order valence-corrected chi connectivity index (χ3v) is 4.64. The quantitative estimate of drug-likeness (QED) is 0.721. The Kier molecular flexibility index (Phi) is 6.90. The van der Waals surface area contributed by atoms with Crippen LogP contribution in [0.4, 0.5) is 0 Å². The van der Waals surface area contributed by atoms with Crippen LogP contribution in [-0.2, 0) is 13.0 Å². The van der Waals surface area contributed by atoms with Crippen molar-refractivity contribution in [2.45, 2.75) is 19.4 Å². The number of aromatic nitrogens is 1. The number of nitrogens with zero attached hydrogens (tertiary/aromatic N) is 2. The van der Waals surface area contributed by atoms with E-state index in [1.54, 1.807) is 6.20 Å². The molecule has 2 heterocycles. The van der Waals surface area contributed by atoms with Crippen molar-refractivity contribution < 1.29 is 4.79 Å². The smallest absolute Gasteiger partial charge is 0.256 e. The Morgan fingerprint density at radius 3 is 2.67 bits per heavy atom. The number of fused-ring (bicyclic) bond motifs is 1. The minimum absolute atomic E-state index is 0. The molecule has 1 aliphatic rings. The normalized spacial score (nSPS) is 17.0. The van der Waals surface area contributed by atoms with Crippen LogP contribution in [0.3, 0.4) is 0 Å². The van der Waals surface area contributed by atoms with Gasteiger partial charge in [0.15, 0.2) is 0 Å². The Hall–Kier alpha value is -1.29. The first kappa shape index (κ1) is 19.0. The van der Waals surface area contributed by atoms with Crippen molar-refractivity contribution >= 4 is 41.5 Å². The molecule has 1 unspecified atom stereocenters. The Labute approximate surface area is 158 Å². The lowest BCUT2D eigenvalue weighted by atomic mass is 9.99. The van der Waals surface area contributed by atoms with Gasteiger partial charge in [-0.25, -0.2) is 0 Å². The van der Waals surface area contributed by atoms with Gasteiger partial charge in [0.25, 0.3) is 5.91 Å². The second kappa shape index (κ2) is 8.70. The molecule has 1 aromatic heterocycles. The number of carbonyl (C=O) groups excluding carboxylic acids is 1. The molecule has 1 atom stereocenters. The van der Waals surface area contributed by atoms with Gasteiger partial charge in [-0.2, -0.15) is 0 Å². The average Bonchev–Trinajstić information content (AvgIpc) is 2.68. The summed E-state index contributed by atoms with van der Waals surface area (Å²) in [6.07, 6.45) is 3.42. The highest BCUT2D eigenvalue weighted by Crippen LogP contribution is 2.24. The van der Waals surface area contributed by atoms with Crippen LogP contribution in [-0.4, -0.2) is 28.2 Å². The van der Waals surface area contributed by atoms with Crippen LogP contribution in [0.2, 0.25) is 5.02 Å². The Bertz CT molecular complexity index is 691. The minimum Gasteiger partial charge on any atom is -0.334 e. The highest BCUT2D eigenvalue weighted by Gasteiger charge is 2.28. The van der Waals surface area contributed by atoms with Crippen molar-refractivity contribution in [3.8, 4) is 0 Å². The highest BCUT2D eigenvalue weighted by molar-refractivity contribution is 6.30. The number of rotatable bonds is 4. The monoisotopic (exact) mass is 384 g/mol. The van der Waals surface area contributed by atoms with Gasteiger partial charge in [-0.3, -0.25) is 9.78 Å². The van der Waals surface area contributed by atoms with Crippen LogP contribution >= 0.6 is 35.6 Å². The molecule has 0 bridgehead atoms. The molecule has 24 heavy (non-hydrogen) atoms. The lowest BCUT2D eigenvalue weighted by molar-refractivity contribution is 0.0725. The van der Waals surface area contributed by atoms with E-state index in [2.05, 4.69) is 4.98 Å². The Balaban J connectivity index is 0.00000208. The summed E-state index contributed by atoms with van der Waals surface area (Å²) in [6.45, 7) is 1.27. The average molecular weight is 386 g/mol. The lowest BCUT2D eigenvalue weighted by Gasteiger charge is -2.24. The van der Waals surface area contributed by atoms with E-state index in [0.29, 0.717) is 35.5 Å². The molecule has 0 saturated carbocycles. The summed E-state index contributed by atoms with van der Waals surface area (Å²) in [6, 6.07) is 11.3. The molecule has 3 rings (SSSR count). The molecule has 1 aliphatic heterocycles. The van der Waals surface area contributed by atoms with E-state index in [-0.39, 0.29) is 18.3 Å². The second-order valence-electron chi connectivity index (χ2n) is 5.86. The molecule has 0 radical (unpaired) electrons. The summed E-state index contributed by atoms with van der Waals surface area (Å²) >= 11 is 11.9. The zero-order valence-electron chi connectivity index (χ0n) is 13.1. The Morgan fingerprint density at radius 1 is 1.21 bits per heavy atom. The summed E-state index contributed by atoms with van der Waals surface area (Å²) < 4.78 is 0. The fourth-order valence-corrected chi connectivity index (χ4v) is 3.43. The third kappa shape index (κ3) is 4.41. The number of amides is 1. The van der Waals surface area contributed by atoms with Gasteiger partial charge in [-0.1, -0.05) is 23.7 Å². The fraction of sp³-hybridized carbons (Fsp3) is 0.333. The van der Waals surface area contributed by atoms with E-state index in [1.807, 2.05) is 41.3 Å². The van der Waals surface area contributed by atoms with Crippen LogP contribution in [0.1, 0.15) is 28.0 Å². The summed E-state index contributed by atoms with van der Waals surface area (Å²) in [4.78, 5) is 19.2. The summed E-state index contributed by atoms with van der Waals surface area (Å²) in [5.41, 5.74) is 2.66. The summed E-state index contributed by atoms with van der Waals surface area (Å²) in [5, 5.41) is 0.700. The van der Waals surface area contributed by atoms with Gasteiger partial charge in [0.05, 0.1) is 11.3 Å². The van der Waals surface area contributed by atoms with E-state index < -0.39 is 0 Å². The van der Waals surface area contributed by atoms with Crippen molar-refractivity contribution in [2.24, 2.45) is 5.92 Å². The van der Waals surface area contributed by atoms with Gasteiger partial charge >= 0.3 is 0 Å². The van der Waals surface area contributed by atoms with Crippen molar-refractivity contribution in [1.29, 1.82) is 0 Å². The molecular formula is C18H19Cl3N2O. The molecule has 1 aromatic carbocycles. The molecule has 6 heteroatoms. The maximum atomic E-state index is 12.9. The maximum absolute atomic E-state index is 12.9. The molecule has 0 N–H and O–H groups in total. The lowest BCUT2D eigenvalue weighted by Crippen LogP contribution is -2.33. The van der Waals surface area contributed by atoms with Crippen molar-refractivity contribution in [3.63, 3.8) is 0 Å². The summed E-state index contributed by atoms with van der Waals surface area (Å²) in [5.74, 6) is 0.968. The molecule has 0 saturated heterocycles. The first-order valence-electron chi connectivity index (χ1n) is 7.71. The molecule has 0 aliphatic carbocycles. The zero-order chi connectivity index (χ0) is 16.2. The first-order chi connectivity index (χ1) is 11.2. The first-order valence-corrected chi connectivity index (χ1v) is 8.62. The predicted molar refractivity (Wildman–Crippen MR) is 100 cm³/mol. The number of alkyl halides is 1. The Morgan fingerprint density at radius 2 is 1.96 bits per heavy atom. The zero-order valence-corrected chi connectivity index (χ0v) is 15.4. The minimum atomic E-state index is 0. The molecule has 3 nitrogen and oxygen atoms in total. The third-order valence-electron chi connectivity index (χ3n) is 4.17. The molecular weight excluding hydrogens is 367 g/mol. The van der Waals surface area contributed by atoms with Crippen molar-refractivity contribution in [1.82, 2.24) is 9.88 Å². The molecule has 128 valence electrons. The van der Waals surface area contributed by atoms with Gasteiger partial charge in [0.1, 0.15) is 0 Å². The second-order valence-corrected chi connectivity index (χ2v) is 6.67. The fourth-order valence-electron chi connectivity index (χ4n) is 2.99. The highest BCUT2D eigenvalue weighted by atomic mass is 35.5. The molecule has 2 aromatic rings. The van der Waals surface area contributed by atoms with Gasteiger partial charge in [-0.05, 0) is 48.6 Å². The van der Waals surface area contributed by atoms with Crippen LogP contribution in [0.15, 0.2) is 42.6 Å². The summed E-state index contributed by atoms with van der Waals surface area (Å²) in [7, 11) is 0. The molecule has 1 amide bonds. The van der Waals surface area contributed by atoms with Crippen LogP contribution in [0.5, 0.6) is 0 Å². The number of pyridine rings is 1.